The van der Waals surface area contributed by atoms with E-state index in [2.05, 4.69) is 10.3 Å². The number of amides is 1. The van der Waals surface area contributed by atoms with Gasteiger partial charge < -0.3 is 20.6 Å². The van der Waals surface area contributed by atoms with Crippen LogP contribution in [0.4, 0.5) is 0 Å². The minimum Gasteiger partial charge on any atom is -0.392 e. The van der Waals surface area contributed by atoms with Gasteiger partial charge in [0.2, 0.25) is 5.91 Å². The third-order valence-corrected chi connectivity index (χ3v) is 7.74. The second-order valence-corrected chi connectivity index (χ2v) is 11.2. The maximum Gasteiger partial charge on any atom is 0.223 e. The van der Waals surface area contributed by atoms with E-state index in [-0.39, 0.29) is 36.7 Å². The highest BCUT2D eigenvalue weighted by Gasteiger charge is 2.42. The van der Waals surface area contributed by atoms with Crippen LogP contribution in [0.2, 0.25) is 0 Å². The lowest BCUT2D eigenvalue weighted by Gasteiger charge is -2.34. The van der Waals surface area contributed by atoms with Gasteiger partial charge in [-0.25, -0.2) is 4.98 Å². The van der Waals surface area contributed by atoms with E-state index in [1.54, 1.807) is 20.8 Å². The summed E-state index contributed by atoms with van der Waals surface area (Å²) in [5.74, 6) is -1.43. The standard InChI is InChI=1S/C27H40N2O5S/c1-16-8-7-9-17(2)25(33)19(4)26(34)27(5,6)22(31)13-23(32)29-21(11-10-16)18(3)12-20-15-35-24(14-30)28-20/h7-8,10,12,15,17,19,21-22,25,30-31,33H,9,11,13-14H2,1-6H3,(H,29,32)/t17-,19+,21-,22-,25?/m0/s1. The molecule has 0 bridgehead atoms. The van der Waals surface area contributed by atoms with Gasteiger partial charge in [0.25, 0.3) is 0 Å². The van der Waals surface area contributed by atoms with E-state index in [1.165, 1.54) is 11.3 Å². The zero-order valence-electron chi connectivity index (χ0n) is 21.6. The van der Waals surface area contributed by atoms with Crippen molar-refractivity contribution < 1.29 is 24.9 Å². The van der Waals surface area contributed by atoms with Crippen molar-refractivity contribution >= 4 is 29.1 Å². The highest BCUT2D eigenvalue weighted by atomic mass is 32.1. The van der Waals surface area contributed by atoms with Crippen molar-refractivity contribution in [2.75, 3.05) is 0 Å². The first-order valence-electron chi connectivity index (χ1n) is 12.1. The molecule has 1 aliphatic rings. The van der Waals surface area contributed by atoms with Crippen LogP contribution in [0.5, 0.6) is 0 Å². The van der Waals surface area contributed by atoms with Gasteiger partial charge in [-0.15, -0.1) is 11.3 Å². The molecule has 0 fully saturated rings. The molecule has 2 heterocycles. The molecule has 0 aromatic carbocycles. The summed E-state index contributed by atoms with van der Waals surface area (Å²) in [6, 6.07) is -0.330. The Morgan fingerprint density at radius 3 is 2.57 bits per heavy atom. The molecule has 8 heteroatoms. The minimum atomic E-state index is -1.19. The molecule has 4 N–H and O–H groups in total. The van der Waals surface area contributed by atoms with Crippen molar-refractivity contribution in [2.24, 2.45) is 17.3 Å². The summed E-state index contributed by atoms with van der Waals surface area (Å²) in [7, 11) is 0. The van der Waals surface area contributed by atoms with E-state index < -0.39 is 23.5 Å². The van der Waals surface area contributed by atoms with Gasteiger partial charge in [-0.05, 0) is 44.3 Å². The summed E-state index contributed by atoms with van der Waals surface area (Å²) in [5.41, 5.74) is 1.43. The number of nitrogens with one attached hydrogen (secondary N) is 1. The van der Waals surface area contributed by atoms with Crippen molar-refractivity contribution in [3.63, 3.8) is 0 Å². The molecule has 1 aromatic rings. The van der Waals surface area contributed by atoms with Gasteiger partial charge in [0.05, 0.1) is 42.4 Å². The lowest BCUT2D eigenvalue weighted by Crippen LogP contribution is -2.47. The number of carbonyl (C=O) groups is 2. The monoisotopic (exact) mass is 504 g/mol. The molecule has 5 atom stereocenters. The summed E-state index contributed by atoms with van der Waals surface area (Å²) in [4.78, 5) is 30.5. The molecule has 1 amide bonds. The van der Waals surface area contributed by atoms with E-state index >= 15 is 0 Å². The lowest BCUT2D eigenvalue weighted by atomic mass is 9.73. The average molecular weight is 505 g/mol. The van der Waals surface area contributed by atoms with Crippen LogP contribution >= 0.6 is 11.3 Å². The number of thiazole rings is 1. The molecule has 2 rings (SSSR count). The van der Waals surface area contributed by atoms with Crippen LogP contribution in [0, 0.1) is 17.3 Å². The molecule has 1 aliphatic heterocycles. The SMILES string of the molecule is CC1=CC[C@@H](C(C)=Cc2csc(CO)n2)NC(=O)C[C@H](O)C(C)(C)C(=O)[C@H](C)C(O)[C@@H](C)CC=C1. The highest BCUT2D eigenvalue weighted by Crippen LogP contribution is 2.31. The molecule has 0 spiro atoms. The number of aliphatic hydroxyl groups excluding tert-OH is 3. The van der Waals surface area contributed by atoms with Gasteiger partial charge in [0, 0.05) is 11.3 Å². The Morgan fingerprint density at radius 2 is 1.94 bits per heavy atom. The number of nitrogens with zero attached hydrogens (tertiary/aromatic N) is 1. The molecule has 1 unspecified atom stereocenters. The number of ketones is 1. The summed E-state index contributed by atoms with van der Waals surface area (Å²) in [5, 5.41) is 36.4. The normalized spacial score (nSPS) is 29.6. The van der Waals surface area contributed by atoms with Crippen LogP contribution < -0.4 is 5.32 Å². The Morgan fingerprint density at radius 1 is 1.26 bits per heavy atom. The number of hydrogen-bond donors (Lipinski definition) is 4. The Hall–Kier alpha value is -2.13. The van der Waals surface area contributed by atoms with Gasteiger partial charge >= 0.3 is 0 Å². The van der Waals surface area contributed by atoms with Crippen molar-refractivity contribution in [3.05, 3.63) is 45.5 Å². The predicted molar refractivity (Wildman–Crippen MR) is 139 cm³/mol. The number of Topliss-reactive ketones (excluding diaryl/α,β-unsaturated/α-hetero) is 1. The fourth-order valence-corrected chi connectivity index (χ4v) is 4.83. The van der Waals surface area contributed by atoms with Gasteiger partial charge in [-0.3, -0.25) is 9.59 Å². The summed E-state index contributed by atoms with van der Waals surface area (Å²) < 4.78 is 0. The fraction of sp³-hybridized carbons (Fsp3) is 0.593. The Labute approximate surface area is 212 Å². The molecule has 7 nitrogen and oxygen atoms in total. The maximum absolute atomic E-state index is 13.2. The molecule has 0 aliphatic carbocycles. The molecule has 35 heavy (non-hydrogen) atoms. The Bertz CT molecular complexity index is 978. The first-order chi connectivity index (χ1) is 16.4. The van der Waals surface area contributed by atoms with Crippen LogP contribution in [-0.4, -0.2) is 50.2 Å². The third-order valence-electron chi connectivity index (χ3n) is 6.89. The summed E-state index contributed by atoms with van der Waals surface area (Å²) >= 11 is 1.37. The predicted octanol–water partition coefficient (Wildman–Crippen LogP) is 3.80. The first kappa shape index (κ1) is 29.1. The van der Waals surface area contributed by atoms with E-state index in [0.29, 0.717) is 23.5 Å². The smallest absolute Gasteiger partial charge is 0.223 e. The van der Waals surface area contributed by atoms with Crippen LogP contribution in [-0.2, 0) is 16.2 Å². The fourth-order valence-electron chi connectivity index (χ4n) is 4.22. The second kappa shape index (κ2) is 12.7. The van der Waals surface area contributed by atoms with Gasteiger partial charge in [0.1, 0.15) is 10.8 Å². The summed E-state index contributed by atoms with van der Waals surface area (Å²) in [6.45, 7) is 10.6. The van der Waals surface area contributed by atoms with Crippen LogP contribution in [0.15, 0.2) is 34.8 Å². The number of allylic oxidation sites excluding steroid dienone is 3. The molecule has 0 radical (unpaired) electrons. The average Bonchev–Trinajstić information content (AvgIpc) is 3.26. The molecule has 0 saturated heterocycles. The molecular formula is C27H40N2O5S. The minimum absolute atomic E-state index is 0.118. The first-order valence-corrected chi connectivity index (χ1v) is 13.0. The lowest BCUT2D eigenvalue weighted by molar-refractivity contribution is -0.143. The van der Waals surface area contributed by atoms with Crippen LogP contribution in [0.1, 0.15) is 71.5 Å². The second-order valence-electron chi connectivity index (χ2n) is 10.2. The van der Waals surface area contributed by atoms with E-state index in [4.69, 9.17) is 0 Å². The van der Waals surface area contributed by atoms with Crippen molar-refractivity contribution in [3.8, 4) is 0 Å². The summed E-state index contributed by atoms with van der Waals surface area (Å²) in [6.07, 6.45) is 6.78. The Kier molecular flexibility index (Phi) is 10.6. The van der Waals surface area contributed by atoms with Crippen molar-refractivity contribution in [1.82, 2.24) is 10.3 Å². The van der Waals surface area contributed by atoms with Crippen LogP contribution in [0.25, 0.3) is 6.08 Å². The van der Waals surface area contributed by atoms with Crippen molar-refractivity contribution in [1.29, 1.82) is 0 Å². The topological polar surface area (TPSA) is 120 Å². The van der Waals surface area contributed by atoms with E-state index in [0.717, 1.165) is 11.1 Å². The van der Waals surface area contributed by atoms with E-state index in [9.17, 15) is 24.9 Å². The Balaban J connectivity index is 2.37. The largest absolute Gasteiger partial charge is 0.392 e. The number of aromatic nitrogens is 1. The van der Waals surface area contributed by atoms with Gasteiger partial charge in [-0.1, -0.05) is 51.5 Å². The molecular weight excluding hydrogens is 464 g/mol. The third kappa shape index (κ3) is 7.93. The van der Waals surface area contributed by atoms with Gasteiger partial charge in [-0.2, -0.15) is 0 Å². The zero-order chi connectivity index (χ0) is 26.3. The molecule has 1 aromatic heterocycles. The number of hydrogen-bond acceptors (Lipinski definition) is 7. The number of rotatable bonds is 3. The quantitative estimate of drug-likeness (QED) is 0.497. The zero-order valence-corrected chi connectivity index (χ0v) is 22.4. The molecule has 194 valence electrons. The van der Waals surface area contributed by atoms with Gasteiger partial charge in [0.15, 0.2) is 0 Å². The number of carbonyl (C=O) groups excluding carboxylic acids is 2. The number of aliphatic hydroxyl groups is 3. The highest BCUT2D eigenvalue weighted by molar-refractivity contribution is 7.09. The van der Waals surface area contributed by atoms with Crippen LogP contribution in [0.3, 0.4) is 0 Å². The maximum atomic E-state index is 13.2. The molecule has 0 saturated carbocycles. The van der Waals surface area contributed by atoms with E-state index in [1.807, 2.05) is 50.5 Å². The van der Waals surface area contributed by atoms with Crippen molar-refractivity contribution in [2.45, 2.75) is 85.7 Å².